The second-order valence-electron chi connectivity index (χ2n) is 5.09. The lowest BCUT2D eigenvalue weighted by Gasteiger charge is -2.14. The minimum atomic E-state index is -0.670. The average molecular weight is 332 g/mol. The molecular formula is C14H16BrF2NO. The van der Waals surface area contributed by atoms with E-state index in [1.807, 2.05) is 0 Å². The molecule has 0 heterocycles. The lowest BCUT2D eigenvalue weighted by molar-refractivity contribution is -0.120. The number of carbonyl (C=O) groups is 1. The van der Waals surface area contributed by atoms with Crippen molar-refractivity contribution in [3.63, 3.8) is 0 Å². The zero-order valence-electron chi connectivity index (χ0n) is 10.5. The summed E-state index contributed by atoms with van der Waals surface area (Å²) in [6.45, 7) is 0.591. The van der Waals surface area contributed by atoms with E-state index in [0.717, 1.165) is 24.6 Å². The summed E-state index contributed by atoms with van der Waals surface area (Å²) in [5.74, 6) is -1.67. The summed E-state index contributed by atoms with van der Waals surface area (Å²) in [5.41, 5.74) is 0.0396. The van der Waals surface area contributed by atoms with Crippen molar-refractivity contribution < 1.29 is 13.6 Å². The molecule has 2 nitrogen and oxygen atoms in total. The number of hydrogen-bond acceptors (Lipinski definition) is 1. The molecule has 0 aliphatic heterocycles. The van der Waals surface area contributed by atoms with Crippen LogP contribution in [0.1, 0.15) is 24.8 Å². The van der Waals surface area contributed by atoms with Crippen LogP contribution in [0.3, 0.4) is 0 Å². The monoisotopic (exact) mass is 331 g/mol. The number of nitrogens with one attached hydrogen (secondary N) is 1. The van der Waals surface area contributed by atoms with Gasteiger partial charge in [-0.05, 0) is 36.8 Å². The van der Waals surface area contributed by atoms with Gasteiger partial charge in [0, 0.05) is 17.4 Å². The van der Waals surface area contributed by atoms with Crippen LogP contribution in [0.2, 0.25) is 0 Å². The van der Waals surface area contributed by atoms with E-state index in [0.29, 0.717) is 6.54 Å². The Bertz CT molecular complexity index is 454. The van der Waals surface area contributed by atoms with Crippen molar-refractivity contribution in [3.05, 3.63) is 35.4 Å². The minimum Gasteiger partial charge on any atom is -0.355 e. The summed E-state index contributed by atoms with van der Waals surface area (Å²) < 4.78 is 26.8. The maximum Gasteiger partial charge on any atom is 0.224 e. The molecule has 1 aliphatic carbocycles. The highest BCUT2D eigenvalue weighted by atomic mass is 79.9. The highest BCUT2D eigenvalue weighted by Crippen LogP contribution is 2.48. The van der Waals surface area contributed by atoms with Crippen molar-refractivity contribution >= 4 is 21.8 Å². The normalized spacial score (nSPS) is 16.2. The molecule has 1 amide bonds. The Hall–Kier alpha value is -0.970. The molecule has 104 valence electrons. The first-order chi connectivity index (χ1) is 9.06. The van der Waals surface area contributed by atoms with Gasteiger partial charge in [0.25, 0.3) is 0 Å². The Morgan fingerprint density at radius 1 is 1.32 bits per heavy atom. The number of rotatable bonds is 6. The maximum atomic E-state index is 13.4. The second kappa shape index (κ2) is 5.99. The van der Waals surface area contributed by atoms with Crippen LogP contribution >= 0.6 is 15.9 Å². The molecule has 1 aromatic rings. The molecule has 0 bridgehead atoms. The van der Waals surface area contributed by atoms with Crippen LogP contribution in [0.15, 0.2) is 18.2 Å². The van der Waals surface area contributed by atoms with Gasteiger partial charge in [0.05, 0.1) is 6.42 Å². The summed E-state index contributed by atoms with van der Waals surface area (Å²) in [7, 11) is 0. The molecule has 1 saturated carbocycles. The van der Waals surface area contributed by atoms with Gasteiger partial charge in [-0.2, -0.15) is 0 Å². The first-order valence-electron chi connectivity index (χ1n) is 6.32. The van der Waals surface area contributed by atoms with Gasteiger partial charge in [-0.25, -0.2) is 8.78 Å². The fraction of sp³-hybridized carbons (Fsp3) is 0.500. The van der Waals surface area contributed by atoms with Crippen molar-refractivity contribution in [1.82, 2.24) is 5.32 Å². The fourth-order valence-corrected chi connectivity index (χ4v) is 2.94. The summed E-state index contributed by atoms with van der Waals surface area (Å²) in [4.78, 5) is 11.7. The zero-order valence-corrected chi connectivity index (χ0v) is 12.1. The number of benzene rings is 1. The second-order valence-corrected chi connectivity index (χ2v) is 5.89. The molecular weight excluding hydrogens is 316 g/mol. The number of alkyl halides is 1. The van der Waals surface area contributed by atoms with Crippen molar-refractivity contribution in [2.45, 2.75) is 25.7 Å². The van der Waals surface area contributed by atoms with Crippen LogP contribution in [0.4, 0.5) is 8.78 Å². The van der Waals surface area contributed by atoms with Crippen LogP contribution in [-0.2, 0) is 11.2 Å². The Labute approximate surface area is 119 Å². The molecule has 1 N–H and O–H groups in total. The quantitative estimate of drug-likeness (QED) is 0.797. The van der Waals surface area contributed by atoms with Gasteiger partial charge in [0.15, 0.2) is 0 Å². The SMILES string of the molecule is O=C(Cc1c(F)cccc1F)NCC1(CCBr)CC1. The van der Waals surface area contributed by atoms with Gasteiger partial charge < -0.3 is 5.32 Å². The van der Waals surface area contributed by atoms with Crippen molar-refractivity contribution in [1.29, 1.82) is 0 Å². The van der Waals surface area contributed by atoms with Gasteiger partial charge >= 0.3 is 0 Å². The summed E-state index contributed by atoms with van der Waals surface area (Å²) >= 11 is 3.39. The van der Waals surface area contributed by atoms with Crippen molar-refractivity contribution in [3.8, 4) is 0 Å². The molecule has 0 aromatic heterocycles. The van der Waals surface area contributed by atoms with E-state index >= 15 is 0 Å². The molecule has 0 spiro atoms. The van der Waals surface area contributed by atoms with Crippen LogP contribution in [-0.4, -0.2) is 17.8 Å². The molecule has 0 saturated heterocycles. The van der Waals surface area contributed by atoms with E-state index in [4.69, 9.17) is 0 Å². The Balaban J connectivity index is 1.88. The number of carbonyl (C=O) groups excluding carboxylic acids is 1. The number of halogens is 3. The summed E-state index contributed by atoms with van der Waals surface area (Å²) in [5, 5.41) is 3.69. The van der Waals surface area contributed by atoms with E-state index in [1.165, 1.54) is 18.2 Å². The van der Waals surface area contributed by atoms with E-state index < -0.39 is 11.6 Å². The van der Waals surface area contributed by atoms with E-state index in [2.05, 4.69) is 21.2 Å². The molecule has 0 atom stereocenters. The molecule has 0 radical (unpaired) electrons. The van der Waals surface area contributed by atoms with E-state index in [9.17, 15) is 13.6 Å². The van der Waals surface area contributed by atoms with Gasteiger partial charge in [-0.1, -0.05) is 22.0 Å². The van der Waals surface area contributed by atoms with Crippen LogP contribution in [0.5, 0.6) is 0 Å². The van der Waals surface area contributed by atoms with Crippen LogP contribution in [0.25, 0.3) is 0 Å². The lowest BCUT2D eigenvalue weighted by atomic mass is 10.0. The third kappa shape index (κ3) is 3.75. The molecule has 19 heavy (non-hydrogen) atoms. The Kier molecular flexibility index (Phi) is 4.55. The van der Waals surface area contributed by atoms with Crippen LogP contribution < -0.4 is 5.32 Å². The van der Waals surface area contributed by atoms with Gasteiger partial charge in [-0.15, -0.1) is 0 Å². The number of amides is 1. The van der Waals surface area contributed by atoms with Crippen LogP contribution in [0, 0.1) is 17.0 Å². The molecule has 1 aromatic carbocycles. The largest absolute Gasteiger partial charge is 0.355 e. The third-order valence-electron chi connectivity index (χ3n) is 3.64. The minimum absolute atomic E-state index is 0.162. The molecule has 1 fully saturated rings. The predicted octanol–water partition coefficient (Wildman–Crippen LogP) is 3.19. The van der Waals surface area contributed by atoms with Gasteiger partial charge in [0.1, 0.15) is 11.6 Å². The van der Waals surface area contributed by atoms with Gasteiger partial charge in [0.2, 0.25) is 5.91 Å². The first-order valence-corrected chi connectivity index (χ1v) is 7.44. The topological polar surface area (TPSA) is 29.1 Å². The Morgan fingerprint density at radius 2 is 1.95 bits per heavy atom. The maximum absolute atomic E-state index is 13.4. The molecule has 5 heteroatoms. The highest BCUT2D eigenvalue weighted by Gasteiger charge is 2.41. The predicted molar refractivity (Wildman–Crippen MR) is 73.1 cm³/mol. The van der Waals surface area contributed by atoms with Crippen molar-refractivity contribution in [2.75, 3.05) is 11.9 Å². The average Bonchev–Trinajstić information content (AvgIpc) is 3.13. The van der Waals surface area contributed by atoms with Crippen molar-refractivity contribution in [2.24, 2.45) is 5.41 Å². The fourth-order valence-electron chi connectivity index (χ4n) is 2.10. The summed E-state index contributed by atoms with van der Waals surface area (Å²) in [6.07, 6.45) is 2.98. The molecule has 2 rings (SSSR count). The third-order valence-corrected chi connectivity index (χ3v) is 4.04. The van der Waals surface area contributed by atoms with E-state index in [1.54, 1.807) is 0 Å². The molecule has 0 unspecified atom stereocenters. The standard InChI is InChI=1S/C14H16BrF2NO/c15-7-6-14(4-5-14)9-18-13(19)8-10-11(16)2-1-3-12(10)17/h1-3H,4-9H2,(H,18,19). The highest BCUT2D eigenvalue weighted by molar-refractivity contribution is 9.09. The zero-order chi connectivity index (χ0) is 13.9. The number of hydrogen-bond donors (Lipinski definition) is 1. The Morgan fingerprint density at radius 3 is 2.47 bits per heavy atom. The van der Waals surface area contributed by atoms with Gasteiger partial charge in [-0.3, -0.25) is 4.79 Å². The summed E-state index contributed by atoms with van der Waals surface area (Å²) in [6, 6.07) is 3.62. The molecule has 1 aliphatic rings. The lowest BCUT2D eigenvalue weighted by Crippen LogP contribution is -2.32. The smallest absolute Gasteiger partial charge is 0.224 e. The van der Waals surface area contributed by atoms with E-state index in [-0.39, 0.29) is 23.3 Å². The first kappa shape index (κ1) is 14.4.